The zero-order valence-electron chi connectivity index (χ0n) is 11.9. The zero-order chi connectivity index (χ0) is 16.7. The third-order valence-electron chi connectivity index (χ3n) is 2.77. The molecule has 120 valence electrons. The SMILES string of the molecule is O=C(COC(=O)c1ccc(CO)cc1)NNC(=O)c1cccs1. The molecular formula is C15H14N2O5S. The van der Waals surface area contributed by atoms with Crippen molar-refractivity contribution in [3.63, 3.8) is 0 Å². The summed E-state index contributed by atoms with van der Waals surface area (Å²) in [7, 11) is 0. The van der Waals surface area contributed by atoms with Crippen LogP contribution < -0.4 is 10.9 Å². The standard InChI is InChI=1S/C15H14N2O5S/c18-8-10-3-5-11(6-4-10)15(21)22-9-13(19)16-17-14(20)12-2-1-7-23-12/h1-7,18H,8-9H2,(H,16,19)(H,17,20). The molecule has 0 unspecified atom stereocenters. The first-order valence-electron chi connectivity index (χ1n) is 6.60. The summed E-state index contributed by atoms with van der Waals surface area (Å²) in [5.74, 6) is -1.77. The Morgan fingerprint density at radius 2 is 1.83 bits per heavy atom. The number of hydrogen-bond donors (Lipinski definition) is 3. The van der Waals surface area contributed by atoms with Crippen LogP contribution in [-0.2, 0) is 16.1 Å². The summed E-state index contributed by atoms with van der Waals surface area (Å²) in [6.45, 7) is -0.646. The van der Waals surface area contributed by atoms with Gasteiger partial charge in [-0.3, -0.25) is 20.4 Å². The van der Waals surface area contributed by atoms with Crippen molar-refractivity contribution in [2.75, 3.05) is 6.61 Å². The van der Waals surface area contributed by atoms with Crippen molar-refractivity contribution in [3.05, 3.63) is 57.8 Å². The van der Waals surface area contributed by atoms with Crippen molar-refractivity contribution >= 4 is 29.1 Å². The van der Waals surface area contributed by atoms with Gasteiger partial charge in [-0.2, -0.15) is 0 Å². The smallest absolute Gasteiger partial charge is 0.338 e. The predicted molar refractivity (Wildman–Crippen MR) is 82.6 cm³/mol. The van der Waals surface area contributed by atoms with Gasteiger partial charge in [0.25, 0.3) is 11.8 Å². The molecule has 0 fully saturated rings. The fourth-order valence-corrected chi connectivity index (χ4v) is 2.21. The molecular weight excluding hydrogens is 320 g/mol. The second-order valence-corrected chi connectivity index (χ2v) is 5.36. The third-order valence-corrected chi connectivity index (χ3v) is 3.64. The largest absolute Gasteiger partial charge is 0.452 e. The Morgan fingerprint density at radius 3 is 2.43 bits per heavy atom. The van der Waals surface area contributed by atoms with Gasteiger partial charge in [0.2, 0.25) is 0 Å². The van der Waals surface area contributed by atoms with Gasteiger partial charge >= 0.3 is 5.97 Å². The van der Waals surface area contributed by atoms with Gasteiger partial charge in [0.05, 0.1) is 17.0 Å². The van der Waals surface area contributed by atoms with Crippen molar-refractivity contribution in [1.29, 1.82) is 0 Å². The van der Waals surface area contributed by atoms with Crippen molar-refractivity contribution in [2.24, 2.45) is 0 Å². The van der Waals surface area contributed by atoms with Crippen LogP contribution in [0.5, 0.6) is 0 Å². The van der Waals surface area contributed by atoms with E-state index in [9.17, 15) is 14.4 Å². The summed E-state index contributed by atoms with van der Waals surface area (Å²) >= 11 is 1.23. The Morgan fingerprint density at radius 1 is 1.09 bits per heavy atom. The van der Waals surface area contributed by atoms with Crippen LogP contribution in [-0.4, -0.2) is 29.5 Å². The number of aliphatic hydroxyl groups excluding tert-OH is 1. The van der Waals surface area contributed by atoms with Crippen molar-refractivity contribution in [3.8, 4) is 0 Å². The molecule has 1 aromatic heterocycles. The molecule has 0 saturated heterocycles. The number of esters is 1. The van der Waals surface area contributed by atoms with Crippen LogP contribution in [0.3, 0.4) is 0 Å². The van der Waals surface area contributed by atoms with E-state index < -0.39 is 24.4 Å². The fraction of sp³-hybridized carbons (Fsp3) is 0.133. The Labute approximate surface area is 135 Å². The fourth-order valence-electron chi connectivity index (χ4n) is 1.59. The van der Waals surface area contributed by atoms with Crippen LogP contribution in [0.15, 0.2) is 41.8 Å². The summed E-state index contributed by atoms with van der Waals surface area (Å²) in [6.07, 6.45) is 0. The minimum absolute atomic E-state index is 0.123. The van der Waals surface area contributed by atoms with E-state index in [1.54, 1.807) is 29.6 Å². The highest BCUT2D eigenvalue weighted by molar-refractivity contribution is 7.12. The molecule has 2 aromatic rings. The van der Waals surface area contributed by atoms with Crippen LogP contribution in [0, 0.1) is 0 Å². The molecule has 0 radical (unpaired) electrons. The molecule has 3 N–H and O–H groups in total. The number of carbonyl (C=O) groups excluding carboxylic acids is 3. The maximum absolute atomic E-state index is 11.7. The maximum atomic E-state index is 11.7. The van der Waals surface area contributed by atoms with E-state index in [0.717, 1.165) is 0 Å². The topological polar surface area (TPSA) is 105 Å². The van der Waals surface area contributed by atoms with Gasteiger partial charge in [0, 0.05) is 0 Å². The molecule has 0 saturated carbocycles. The molecule has 23 heavy (non-hydrogen) atoms. The zero-order valence-corrected chi connectivity index (χ0v) is 12.8. The van der Waals surface area contributed by atoms with E-state index in [4.69, 9.17) is 9.84 Å². The van der Waals surface area contributed by atoms with E-state index in [-0.39, 0.29) is 12.2 Å². The highest BCUT2D eigenvalue weighted by Gasteiger charge is 2.11. The van der Waals surface area contributed by atoms with Crippen molar-refractivity contribution in [1.82, 2.24) is 10.9 Å². The lowest BCUT2D eigenvalue weighted by Crippen LogP contribution is -2.43. The molecule has 2 rings (SSSR count). The first-order valence-corrected chi connectivity index (χ1v) is 7.47. The minimum Gasteiger partial charge on any atom is -0.452 e. The van der Waals surface area contributed by atoms with Crippen LogP contribution in [0.25, 0.3) is 0 Å². The van der Waals surface area contributed by atoms with E-state index in [0.29, 0.717) is 10.4 Å². The van der Waals surface area contributed by atoms with E-state index >= 15 is 0 Å². The quantitative estimate of drug-likeness (QED) is 0.556. The number of carbonyl (C=O) groups is 3. The normalized spacial score (nSPS) is 9.96. The number of benzene rings is 1. The first kappa shape index (κ1) is 16.7. The van der Waals surface area contributed by atoms with Gasteiger partial charge in [-0.15, -0.1) is 11.3 Å². The molecule has 8 heteroatoms. The Balaban J connectivity index is 1.75. The molecule has 0 aliphatic rings. The lowest BCUT2D eigenvalue weighted by atomic mass is 10.1. The molecule has 1 heterocycles. The van der Waals surface area contributed by atoms with E-state index in [1.807, 2.05) is 0 Å². The lowest BCUT2D eigenvalue weighted by Gasteiger charge is -2.07. The highest BCUT2D eigenvalue weighted by Crippen LogP contribution is 2.07. The predicted octanol–water partition coefficient (Wildman–Crippen LogP) is 0.858. The molecule has 0 atom stereocenters. The summed E-state index contributed by atoms with van der Waals surface area (Å²) in [6, 6.07) is 9.47. The first-order chi connectivity index (χ1) is 11.1. The summed E-state index contributed by atoms with van der Waals surface area (Å²) in [4.78, 5) is 35.3. The van der Waals surface area contributed by atoms with Crippen LogP contribution in [0.1, 0.15) is 25.6 Å². The Bertz CT molecular complexity index is 682. The van der Waals surface area contributed by atoms with Crippen LogP contribution in [0.4, 0.5) is 0 Å². The average molecular weight is 334 g/mol. The molecule has 0 aliphatic carbocycles. The molecule has 0 spiro atoms. The number of ether oxygens (including phenoxy) is 1. The van der Waals surface area contributed by atoms with Gasteiger partial charge in [-0.05, 0) is 29.1 Å². The van der Waals surface area contributed by atoms with E-state index in [1.165, 1.54) is 23.5 Å². The molecule has 2 amide bonds. The summed E-state index contributed by atoms with van der Waals surface area (Å²) in [5.41, 5.74) is 5.29. The van der Waals surface area contributed by atoms with Crippen LogP contribution >= 0.6 is 11.3 Å². The number of nitrogens with one attached hydrogen (secondary N) is 2. The van der Waals surface area contributed by atoms with Crippen molar-refractivity contribution < 1.29 is 24.2 Å². The second-order valence-electron chi connectivity index (χ2n) is 4.41. The number of hydrogen-bond acceptors (Lipinski definition) is 6. The van der Waals surface area contributed by atoms with Gasteiger partial charge in [-0.1, -0.05) is 18.2 Å². The number of rotatable bonds is 5. The maximum Gasteiger partial charge on any atom is 0.338 e. The number of thiophene rings is 1. The van der Waals surface area contributed by atoms with Gasteiger partial charge in [0.15, 0.2) is 6.61 Å². The number of amides is 2. The third kappa shape index (κ3) is 4.90. The minimum atomic E-state index is -0.672. The number of hydrazine groups is 1. The molecule has 7 nitrogen and oxygen atoms in total. The summed E-state index contributed by atoms with van der Waals surface area (Å²) in [5, 5.41) is 10.6. The Kier molecular flexibility index (Phi) is 5.84. The second kappa shape index (κ2) is 8.06. The van der Waals surface area contributed by atoms with Gasteiger partial charge in [-0.25, -0.2) is 4.79 Å². The summed E-state index contributed by atoms with van der Waals surface area (Å²) < 4.78 is 4.82. The van der Waals surface area contributed by atoms with Gasteiger partial charge < -0.3 is 9.84 Å². The molecule has 0 aliphatic heterocycles. The lowest BCUT2D eigenvalue weighted by molar-refractivity contribution is -0.125. The monoisotopic (exact) mass is 334 g/mol. The highest BCUT2D eigenvalue weighted by atomic mass is 32.1. The van der Waals surface area contributed by atoms with E-state index in [2.05, 4.69) is 10.9 Å². The number of aliphatic hydroxyl groups is 1. The Hall–Kier alpha value is -2.71. The van der Waals surface area contributed by atoms with Crippen LogP contribution in [0.2, 0.25) is 0 Å². The van der Waals surface area contributed by atoms with Crippen molar-refractivity contribution in [2.45, 2.75) is 6.61 Å². The van der Waals surface area contributed by atoms with Gasteiger partial charge in [0.1, 0.15) is 0 Å². The molecule has 1 aromatic carbocycles. The average Bonchev–Trinajstić information content (AvgIpc) is 3.12. The molecule has 0 bridgehead atoms.